The number of aliphatic carboxylic acids is 1. The van der Waals surface area contributed by atoms with Gasteiger partial charge in [-0.15, -0.1) is 0 Å². The average molecular weight is 260 g/mol. The number of carbonyl (C=O) groups is 2. The van der Waals surface area contributed by atoms with Gasteiger partial charge in [0.25, 0.3) is 5.91 Å². The molecule has 1 amide bonds. The van der Waals surface area contributed by atoms with Gasteiger partial charge in [0.05, 0.1) is 5.56 Å². The maximum absolute atomic E-state index is 13.3. The smallest absolute Gasteiger partial charge is 0.328 e. The second kappa shape index (κ2) is 4.71. The lowest BCUT2D eigenvalue weighted by atomic mass is 10.1. The molecule has 0 spiro atoms. The Balaban J connectivity index is 2.98. The number of hydrogen-bond acceptors (Lipinski definition) is 2. The van der Waals surface area contributed by atoms with Crippen molar-refractivity contribution in [2.24, 2.45) is 0 Å². The molecule has 4 nitrogen and oxygen atoms in total. The highest BCUT2D eigenvalue weighted by atomic mass is 35.5. The van der Waals surface area contributed by atoms with Crippen molar-refractivity contribution in [3.8, 4) is 0 Å². The Morgan fingerprint density at radius 1 is 1.41 bits per heavy atom. The molecule has 0 unspecified atom stereocenters. The third-order valence-electron chi connectivity index (χ3n) is 2.13. The molecule has 1 aromatic rings. The first-order valence-corrected chi connectivity index (χ1v) is 5.13. The molecule has 0 fully saturated rings. The summed E-state index contributed by atoms with van der Waals surface area (Å²) in [5.41, 5.74) is -1.77. The molecule has 1 rings (SSSR count). The van der Waals surface area contributed by atoms with E-state index in [2.05, 4.69) is 5.32 Å². The first-order valence-electron chi connectivity index (χ1n) is 4.75. The van der Waals surface area contributed by atoms with Crippen LogP contribution >= 0.6 is 11.6 Å². The van der Waals surface area contributed by atoms with Crippen LogP contribution in [0.4, 0.5) is 4.39 Å². The standard InChI is InChI=1S/C11H11ClFNO3/c1-11(2,10(16)17)14-9(15)7-5-6(12)3-4-8(7)13/h3-5H,1-2H3,(H,14,15)(H,16,17). The molecule has 17 heavy (non-hydrogen) atoms. The van der Waals surface area contributed by atoms with Gasteiger partial charge in [0.2, 0.25) is 0 Å². The SMILES string of the molecule is CC(C)(NC(=O)c1cc(Cl)ccc1F)C(=O)O. The van der Waals surface area contributed by atoms with Gasteiger partial charge in [-0.05, 0) is 32.0 Å². The lowest BCUT2D eigenvalue weighted by Gasteiger charge is -2.21. The maximum atomic E-state index is 13.3. The molecular weight excluding hydrogens is 249 g/mol. The van der Waals surface area contributed by atoms with E-state index in [0.29, 0.717) is 0 Å². The summed E-state index contributed by atoms with van der Waals surface area (Å²) in [6.07, 6.45) is 0. The van der Waals surface area contributed by atoms with Gasteiger partial charge < -0.3 is 10.4 Å². The van der Waals surface area contributed by atoms with Crippen molar-refractivity contribution in [2.45, 2.75) is 19.4 Å². The van der Waals surface area contributed by atoms with E-state index in [4.69, 9.17) is 16.7 Å². The number of halogens is 2. The number of benzene rings is 1. The largest absolute Gasteiger partial charge is 0.480 e. The van der Waals surface area contributed by atoms with Crippen LogP contribution in [-0.4, -0.2) is 22.5 Å². The molecule has 0 atom stereocenters. The highest BCUT2D eigenvalue weighted by Gasteiger charge is 2.30. The topological polar surface area (TPSA) is 66.4 Å². The molecule has 0 aliphatic carbocycles. The minimum Gasteiger partial charge on any atom is -0.480 e. The van der Waals surface area contributed by atoms with E-state index in [1.54, 1.807) is 0 Å². The summed E-state index contributed by atoms with van der Waals surface area (Å²) in [5, 5.41) is 11.2. The number of rotatable bonds is 3. The van der Waals surface area contributed by atoms with Gasteiger partial charge in [0.1, 0.15) is 11.4 Å². The second-order valence-corrected chi connectivity index (χ2v) is 4.44. The van der Waals surface area contributed by atoms with Gasteiger partial charge in [0, 0.05) is 5.02 Å². The van der Waals surface area contributed by atoms with Crippen LogP contribution in [0.2, 0.25) is 5.02 Å². The van der Waals surface area contributed by atoms with Crippen molar-refractivity contribution in [1.82, 2.24) is 5.32 Å². The maximum Gasteiger partial charge on any atom is 0.328 e. The zero-order chi connectivity index (χ0) is 13.2. The summed E-state index contributed by atoms with van der Waals surface area (Å²) in [4.78, 5) is 22.5. The summed E-state index contributed by atoms with van der Waals surface area (Å²) >= 11 is 5.63. The third-order valence-corrected chi connectivity index (χ3v) is 2.37. The van der Waals surface area contributed by atoms with Crippen LogP contribution in [0.15, 0.2) is 18.2 Å². The Kier molecular flexibility index (Phi) is 3.72. The van der Waals surface area contributed by atoms with E-state index < -0.39 is 23.2 Å². The van der Waals surface area contributed by atoms with E-state index in [1.807, 2.05) is 0 Å². The van der Waals surface area contributed by atoms with Crippen LogP contribution in [0.25, 0.3) is 0 Å². The molecule has 0 aliphatic heterocycles. The lowest BCUT2D eigenvalue weighted by Crippen LogP contribution is -2.49. The monoisotopic (exact) mass is 259 g/mol. The molecule has 1 aromatic carbocycles. The van der Waals surface area contributed by atoms with Crippen molar-refractivity contribution in [2.75, 3.05) is 0 Å². The Hall–Kier alpha value is -1.62. The minimum absolute atomic E-state index is 0.199. The molecular formula is C11H11ClFNO3. The fourth-order valence-corrected chi connectivity index (χ4v) is 1.25. The number of carboxylic acids is 1. The second-order valence-electron chi connectivity index (χ2n) is 4.01. The van der Waals surface area contributed by atoms with E-state index in [0.717, 1.165) is 12.1 Å². The summed E-state index contributed by atoms with van der Waals surface area (Å²) in [6, 6.07) is 3.49. The van der Waals surface area contributed by atoms with Crippen LogP contribution in [0, 0.1) is 5.82 Å². The lowest BCUT2D eigenvalue weighted by molar-refractivity contribution is -0.143. The van der Waals surface area contributed by atoms with Gasteiger partial charge in [0.15, 0.2) is 0 Å². The van der Waals surface area contributed by atoms with E-state index >= 15 is 0 Å². The van der Waals surface area contributed by atoms with Crippen LogP contribution in [0.1, 0.15) is 24.2 Å². The van der Waals surface area contributed by atoms with Gasteiger partial charge in [-0.25, -0.2) is 9.18 Å². The molecule has 0 saturated carbocycles. The third kappa shape index (κ3) is 3.17. The van der Waals surface area contributed by atoms with Crippen LogP contribution in [0.5, 0.6) is 0 Å². The average Bonchev–Trinajstić information content (AvgIpc) is 2.20. The van der Waals surface area contributed by atoms with E-state index in [9.17, 15) is 14.0 Å². The number of amides is 1. The summed E-state index contributed by atoms with van der Waals surface area (Å²) < 4.78 is 13.3. The molecule has 0 bridgehead atoms. The number of carbonyl (C=O) groups excluding carboxylic acids is 1. The highest BCUT2D eigenvalue weighted by molar-refractivity contribution is 6.31. The predicted octanol–water partition coefficient (Wildman–Crippen LogP) is 2.07. The van der Waals surface area contributed by atoms with E-state index in [1.165, 1.54) is 19.9 Å². The zero-order valence-corrected chi connectivity index (χ0v) is 10.0. The molecule has 0 aromatic heterocycles. The van der Waals surface area contributed by atoms with Crippen LogP contribution in [0.3, 0.4) is 0 Å². The number of nitrogens with one attached hydrogen (secondary N) is 1. The van der Waals surface area contributed by atoms with Crippen LogP contribution < -0.4 is 5.32 Å². The molecule has 92 valence electrons. The zero-order valence-electron chi connectivity index (χ0n) is 9.25. The number of carboxylic acid groups (broad SMARTS) is 1. The quantitative estimate of drug-likeness (QED) is 0.873. The Labute approximate surface area is 102 Å². The molecule has 0 radical (unpaired) electrons. The Bertz CT molecular complexity index is 474. The summed E-state index contributed by atoms with van der Waals surface area (Å²) in [7, 11) is 0. The van der Waals surface area contributed by atoms with Gasteiger partial charge in [-0.1, -0.05) is 11.6 Å². The van der Waals surface area contributed by atoms with E-state index in [-0.39, 0.29) is 10.6 Å². The summed E-state index contributed by atoms with van der Waals surface area (Å²) in [5.74, 6) is -2.79. The normalized spacial score (nSPS) is 11.1. The van der Waals surface area contributed by atoms with Crippen molar-refractivity contribution in [1.29, 1.82) is 0 Å². The molecule has 6 heteroatoms. The fourth-order valence-electron chi connectivity index (χ4n) is 1.08. The first kappa shape index (κ1) is 13.4. The van der Waals surface area contributed by atoms with Crippen molar-refractivity contribution < 1.29 is 19.1 Å². The van der Waals surface area contributed by atoms with Crippen molar-refractivity contribution in [3.63, 3.8) is 0 Å². The minimum atomic E-state index is -1.48. The molecule has 0 aliphatic rings. The molecule has 0 saturated heterocycles. The van der Waals surface area contributed by atoms with Crippen molar-refractivity contribution >= 4 is 23.5 Å². The van der Waals surface area contributed by atoms with Gasteiger partial charge >= 0.3 is 5.97 Å². The van der Waals surface area contributed by atoms with Gasteiger partial charge in [-0.3, -0.25) is 4.79 Å². The highest BCUT2D eigenvalue weighted by Crippen LogP contribution is 2.15. The summed E-state index contributed by atoms with van der Waals surface area (Å²) in [6.45, 7) is 2.60. The molecule has 2 N–H and O–H groups in total. The first-order chi connectivity index (χ1) is 7.74. The Morgan fingerprint density at radius 3 is 2.53 bits per heavy atom. The molecule has 0 heterocycles. The Morgan fingerprint density at radius 2 is 2.00 bits per heavy atom. The van der Waals surface area contributed by atoms with Crippen molar-refractivity contribution in [3.05, 3.63) is 34.6 Å². The number of hydrogen-bond donors (Lipinski definition) is 2. The predicted molar refractivity (Wildman–Crippen MR) is 60.6 cm³/mol. The van der Waals surface area contributed by atoms with Crippen LogP contribution in [-0.2, 0) is 4.79 Å². The fraction of sp³-hybridized carbons (Fsp3) is 0.273. The van der Waals surface area contributed by atoms with Gasteiger partial charge in [-0.2, -0.15) is 0 Å².